The number of carbonyl (C=O) groups is 1. The molecule has 3 aromatic carbocycles. The molecule has 1 unspecified atom stereocenters. The third-order valence-electron chi connectivity index (χ3n) is 7.36. The molecule has 1 saturated heterocycles. The Bertz CT molecular complexity index is 1490. The first-order chi connectivity index (χ1) is 18.0. The second-order valence-electron chi connectivity index (χ2n) is 10.4. The number of halogens is 3. The van der Waals surface area contributed by atoms with Crippen molar-refractivity contribution >= 4 is 49.1 Å². The van der Waals surface area contributed by atoms with E-state index in [9.17, 15) is 17.6 Å². The molecule has 38 heavy (non-hydrogen) atoms. The molecule has 1 aliphatic carbocycles. The zero-order valence-electron chi connectivity index (χ0n) is 21.0. The van der Waals surface area contributed by atoms with Crippen LogP contribution in [0.2, 0.25) is 5.02 Å². The Morgan fingerprint density at radius 1 is 1.03 bits per heavy atom. The van der Waals surface area contributed by atoms with E-state index in [0.717, 1.165) is 22.1 Å². The molecule has 0 saturated carbocycles. The van der Waals surface area contributed by atoms with Crippen LogP contribution in [0.5, 0.6) is 0 Å². The fourth-order valence-electron chi connectivity index (χ4n) is 5.32. The molecule has 0 aromatic heterocycles. The lowest BCUT2D eigenvalue weighted by atomic mass is 9.85. The van der Waals surface area contributed by atoms with Crippen LogP contribution in [0, 0.1) is 11.2 Å². The van der Waals surface area contributed by atoms with E-state index < -0.39 is 10.0 Å². The van der Waals surface area contributed by atoms with Gasteiger partial charge in [0.2, 0.25) is 10.0 Å². The minimum absolute atomic E-state index is 0.0676. The Labute approximate surface area is 236 Å². The molecule has 3 aromatic rings. The van der Waals surface area contributed by atoms with Gasteiger partial charge in [0, 0.05) is 41.9 Å². The predicted molar refractivity (Wildman–Crippen MR) is 151 cm³/mol. The van der Waals surface area contributed by atoms with Gasteiger partial charge in [-0.3, -0.25) is 4.79 Å². The first-order valence-corrected chi connectivity index (χ1v) is 15.0. The number of carbonyl (C=O) groups excluding carboxylic acids is 1. The maximum atomic E-state index is 13.6. The van der Waals surface area contributed by atoms with Crippen LogP contribution in [0.25, 0.3) is 0 Å². The zero-order valence-corrected chi connectivity index (χ0v) is 24.2. The van der Waals surface area contributed by atoms with Crippen molar-refractivity contribution in [2.75, 3.05) is 31.1 Å². The molecule has 200 valence electrons. The maximum absolute atomic E-state index is 13.6. The number of rotatable bonds is 5. The summed E-state index contributed by atoms with van der Waals surface area (Å²) in [6.07, 6.45) is 0.824. The fourth-order valence-corrected chi connectivity index (χ4v) is 7.62. The van der Waals surface area contributed by atoms with Crippen LogP contribution < -0.4 is 10.2 Å². The number of hydrogen-bond donors (Lipinski definition) is 1. The second kappa shape index (κ2) is 10.3. The Kier molecular flexibility index (Phi) is 7.32. The van der Waals surface area contributed by atoms with Gasteiger partial charge < -0.3 is 10.2 Å². The van der Waals surface area contributed by atoms with E-state index in [2.05, 4.69) is 41.2 Å². The molecule has 1 aliphatic heterocycles. The number of benzene rings is 3. The minimum atomic E-state index is -3.94. The third kappa shape index (κ3) is 5.21. The molecule has 0 bridgehead atoms. The Balaban J connectivity index is 1.34. The van der Waals surface area contributed by atoms with Gasteiger partial charge in [-0.2, -0.15) is 4.31 Å². The van der Waals surface area contributed by atoms with E-state index in [1.165, 1.54) is 34.1 Å². The van der Waals surface area contributed by atoms with Crippen LogP contribution in [0.4, 0.5) is 10.1 Å². The van der Waals surface area contributed by atoms with Gasteiger partial charge >= 0.3 is 0 Å². The highest BCUT2D eigenvalue weighted by Gasteiger charge is 2.40. The number of amides is 1. The second-order valence-corrected chi connectivity index (χ2v) is 13.7. The van der Waals surface area contributed by atoms with Crippen molar-refractivity contribution in [3.63, 3.8) is 0 Å². The van der Waals surface area contributed by atoms with Crippen LogP contribution in [-0.4, -0.2) is 44.8 Å². The average molecular weight is 621 g/mol. The number of hydrogen-bond acceptors (Lipinski definition) is 4. The third-order valence-corrected chi connectivity index (χ3v) is 10.2. The van der Waals surface area contributed by atoms with Gasteiger partial charge in [-0.15, -0.1) is 0 Å². The molecule has 0 radical (unpaired) electrons. The van der Waals surface area contributed by atoms with Crippen molar-refractivity contribution in [1.82, 2.24) is 9.62 Å². The highest BCUT2D eigenvalue weighted by molar-refractivity contribution is 9.10. The van der Waals surface area contributed by atoms with Gasteiger partial charge in [0.1, 0.15) is 10.7 Å². The molecule has 6 nitrogen and oxygen atoms in total. The summed E-state index contributed by atoms with van der Waals surface area (Å²) in [6.45, 7) is 5.61. The highest BCUT2D eigenvalue weighted by atomic mass is 79.9. The Hall–Kier alpha value is -2.46. The summed E-state index contributed by atoms with van der Waals surface area (Å²) in [7, 11) is -3.94. The summed E-state index contributed by atoms with van der Waals surface area (Å²) < 4.78 is 42.7. The lowest BCUT2D eigenvalue weighted by molar-refractivity contribution is 0.0903. The van der Waals surface area contributed by atoms with Crippen molar-refractivity contribution in [2.24, 2.45) is 5.41 Å². The summed E-state index contributed by atoms with van der Waals surface area (Å²) in [5.41, 5.74) is 3.10. The summed E-state index contributed by atoms with van der Waals surface area (Å²) in [5, 5.41) is 3.20. The Morgan fingerprint density at radius 2 is 1.71 bits per heavy atom. The van der Waals surface area contributed by atoms with Gasteiger partial charge in [0.15, 0.2) is 0 Å². The highest BCUT2D eigenvalue weighted by Crippen LogP contribution is 2.46. The number of anilines is 1. The van der Waals surface area contributed by atoms with Crippen LogP contribution >= 0.6 is 27.5 Å². The number of nitrogens with one attached hydrogen (secondary N) is 1. The molecule has 1 N–H and O–H groups in total. The molecule has 1 amide bonds. The summed E-state index contributed by atoms with van der Waals surface area (Å²) in [5.74, 6) is -0.674. The molecule has 1 atom stereocenters. The molecule has 2 aliphatic rings. The van der Waals surface area contributed by atoms with Gasteiger partial charge in [0.25, 0.3) is 5.91 Å². The predicted octanol–water partition coefficient (Wildman–Crippen LogP) is 5.81. The van der Waals surface area contributed by atoms with Crippen molar-refractivity contribution in [3.8, 4) is 0 Å². The first-order valence-electron chi connectivity index (χ1n) is 12.4. The summed E-state index contributed by atoms with van der Waals surface area (Å²) in [6, 6.07) is 16.4. The maximum Gasteiger partial charge on any atom is 0.251 e. The van der Waals surface area contributed by atoms with Crippen molar-refractivity contribution in [3.05, 3.63) is 92.7 Å². The quantitative estimate of drug-likeness (QED) is 0.391. The van der Waals surface area contributed by atoms with E-state index >= 15 is 0 Å². The van der Waals surface area contributed by atoms with Gasteiger partial charge in [-0.1, -0.05) is 47.4 Å². The average Bonchev–Trinajstić information content (AvgIpc) is 3.13. The lowest BCUT2D eigenvalue weighted by Crippen LogP contribution is -2.48. The number of nitrogens with zero attached hydrogens (tertiary/aromatic N) is 2. The fraction of sp³-hybridized carbons (Fsp3) is 0.321. The van der Waals surface area contributed by atoms with E-state index in [-0.39, 0.29) is 51.8 Å². The molecule has 10 heteroatoms. The minimum Gasteiger partial charge on any atom is -0.369 e. The SMILES string of the molecule is CC1(C)Cc2ccc(Br)cc2C1NC(=O)c1ccc(Cl)c(S(=O)(=O)N2CCN(c3ccc(F)cc3)CC2)c1. The van der Waals surface area contributed by atoms with E-state index in [4.69, 9.17) is 11.6 Å². The largest absolute Gasteiger partial charge is 0.369 e. The standard InChI is InChI=1S/C28H28BrClFN3O3S/c1-28(2)17-19-3-5-20(29)16-23(19)26(28)32-27(35)18-4-10-24(30)25(15-18)38(36,37)34-13-11-33(12-14-34)22-8-6-21(31)7-9-22/h3-10,15-16,26H,11-14,17H2,1-2H3,(H,32,35). The number of sulfonamides is 1. The lowest BCUT2D eigenvalue weighted by Gasteiger charge is -2.35. The van der Waals surface area contributed by atoms with E-state index in [1.54, 1.807) is 18.2 Å². The molecule has 1 fully saturated rings. The molecule has 5 rings (SSSR count). The molecule has 0 spiro atoms. The number of fused-ring (bicyclic) bond motifs is 1. The van der Waals surface area contributed by atoms with Gasteiger partial charge in [-0.25, -0.2) is 12.8 Å². The monoisotopic (exact) mass is 619 g/mol. The van der Waals surface area contributed by atoms with Crippen molar-refractivity contribution in [1.29, 1.82) is 0 Å². The van der Waals surface area contributed by atoms with Crippen LogP contribution in [0.15, 0.2) is 70.0 Å². The smallest absolute Gasteiger partial charge is 0.251 e. The van der Waals surface area contributed by atoms with Gasteiger partial charge in [0.05, 0.1) is 11.1 Å². The van der Waals surface area contributed by atoms with Crippen LogP contribution in [0.3, 0.4) is 0 Å². The van der Waals surface area contributed by atoms with Crippen LogP contribution in [-0.2, 0) is 16.4 Å². The van der Waals surface area contributed by atoms with Crippen molar-refractivity contribution in [2.45, 2.75) is 31.2 Å². The molecular weight excluding hydrogens is 593 g/mol. The van der Waals surface area contributed by atoms with Gasteiger partial charge in [-0.05, 0) is 77.6 Å². The van der Waals surface area contributed by atoms with Crippen molar-refractivity contribution < 1.29 is 17.6 Å². The molecular formula is C28H28BrClFN3O3S. The summed E-state index contributed by atoms with van der Waals surface area (Å²) >= 11 is 9.88. The zero-order chi connectivity index (χ0) is 27.2. The van der Waals surface area contributed by atoms with Crippen LogP contribution in [0.1, 0.15) is 41.4 Å². The number of piperazine rings is 1. The van der Waals surface area contributed by atoms with E-state index in [1.807, 2.05) is 17.0 Å². The summed E-state index contributed by atoms with van der Waals surface area (Å²) in [4.78, 5) is 15.3. The Morgan fingerprint density at radius 3 is 2.39 bits per heavy atom. The topological polar surface area (TPSA) is 69.7 Å². The first kappa shape index (κ1) is 27.1. The van der Waals surface area contributed by atoms with E-state index in [0.29, 0.717) is 13.1 Å². The normalized spacial score (nSPS) is 19.3. The molecule has 1 heterocycles.